The molecule has 2 rings (SSSR count). The van der Waals surface area contributed by atoms with Crippen molar-refractivity contribution in [1.29, 1.82) is 0 Å². The second-order valence-electron chi connectivity index (χ2n) is 7.13. The summed E-state index contributed by atoms with van der Waals surface area (Å²) in [6, 6.07) is 0. The Morgan fingerprint density at radius 3 is 1.33 bits per heavy atom. The summed E-state index contributed by atoms with van der Waals surface area (Å²) >= 11 is 0. The smallest absolute Gasteiger partial charge is 1.00 e. The molecule has 0 aromatic carbocycles. The van der Waals surface area contributed by atoms with Gasteiger partial charge in [0.15, 0.2) is 0 Å². The van der Waals surface area contributed by atoms with Gasteiger partial charge in [0, 0.05) is 7.26 Å². The first kappa shape index (κ1) is 21.3. The maximum Gasteiger partial charge on any atom is 1.00 e. The fourth-order valence-electron chi connectivity index (χ4n) is 4.88. The third-order valence-corrected chi connectivity index (χ3v) is 12.2. The second kappa shape index (κ2) is 10.9. The molecule has 128 valence electrons. The van der Waals surface area contributed by atoms with Crippen LogP contribution in [0.4, 0.5) is 0 Å². The van der Waals surface area contributed by atoms with Crippen molar-refractivity contribution < 1.29 is 10.8 Å². The van der Waals surface area contributed by atoms with Crippen LogP contribution in [0.25, 0.3) is 0 Å². The van der Waals surface area contributed by atoms with Gasteiger partial charge in [-0.1, -0.05) is 26.7 Å². The second-order valence-corrected chi connectivity index (χ2v) is 11.7. The Balaban J connectivity index is 0. The van der Waals surface area contributed by atoms with E-state index in [1.54, 1.807) is 63.7 Å². The van der Waals surface area contributed by atoms with Crippen LogP contribution in [0.5, 0.6) is 0 Å². The summed E-state index contributed by atoms with van der Waals surface area (Å²) in [6.45, 7) is 4.80. The number of halogens is 2. The van der Waals surface area contributed by atoms with Gasteiger partial charge in [-0.05, 0) is 64.2 Å². The molecule has 0 N–H and O–H groups in total. The van der Waals surface area contributed by atoms with Gasteiger partial charge in [-0.25, -0.2) is 0 Å². The fraction of sp³-hybridized carbons (Fsp3) is 1.00. The van der Waals surface area contributed by atoms with Gasteiger partial charge >= 0.3 is 1.43 Å². The molecule has 0 spiro atoms. The lowest BCUT2D eigenvalue weighted by atomic mass is 10.3. The lowest BCUT2D eigenvalue weighted by Gasteiger charge is -2.38. The first-order valence-electron chi connectivity index (χ1n) is 9.20. The van der Waals surface area contributed by atoms with Gasteiger partial charge in [0.1, 0.15) is 0 Å². The SMILES string of the molecule is CCCC[P+](CCCC)(C1CCCC1)C1CCCC1.[F-].[F-].[H+]. The van der Waals surface area contributed by atoms with Crippen molar-refractivity contribution in [3.05, 3.63) is 0 Å². The Morgan fingerprint density at radius 2 is 1.05 bits per heavy atom. The molecule has 0 unspecified atom stereocenters. The molecule has 0 atom stereocenters. The molecule has 0 aliphatic heterocycles. The highest BCUT2D eigenvalue weighted by atomic mass is 31.2. The quantitative estimate of drug-likeness (QED) is 0.575. The molecule has 2 aliphatic rings. The molecule has 0 aromatic heterocycles. The largest absolute Gasteiger partial charge is 1.00 e. The lowest BCUT2D eigenvalue weighted by molar-refractivity contribution is -0.001000. The summed E-state index contributed by atoms with van der Waals surface area (Å²) in [6.07, 6.45) is 21.9. The summed E-state index contributed by atoms with van der Waals surface area (Å²) in [4.78, 5) is 0. The molecule has 0 saturated heterocycles. The van der Waals surface area contributed by atoms with Crippen LogP contribution in [0, 0.1) is 0 Å². The Hall–Kier alpha value is 0.290. The Labute approximate surface area is 133 Å². The molecule has 0 nitrogen and oxygen atoms in total. The van der Waals surface area contributed by atoms with E-state index >= 15 is 0 Å². The average molecular weight is 322 g/mol. The molecule has 2 saturated carbocycles. The molecular weight excluding hydrogens is 285 g/mol. The van der Waals surface area contributed by atoms with E-state index in [9.17, 15) is 0 Å². The van der Waals surface area contributed by atoms with Crippen LogP contribution in [0.1, 0.15) is 92.3 Å². The van der Waals surface area contributed by atoms with Gasteiger partial charge in [0.05, 0.1) is 23.6 Å². The van der Waals surface area contributed by atoms with Crippen LogP contribution in [-0.4, -0.2) is 23.6 Å². The highest BCUT2D eigenvalue weighted by molar-refractivity contribution is 7.77. The maximum absolute atomic E-state index is 2.40. The maximum atomic E-state index is 2.40. The molecule has 2 aliphatic carbocycles. The van der Waals surface area contributed by atoms with E-state index in [1.165, 1.54) is 37.0 Å². The normalized spacial score (nSPS) is 20.3. The van der Waals surface area contributed by atoms with Crippen molar-refractivity contribution in [2.75, 3.05) is 12.3 Å². The molecule has 0 bridgehead atoms. The molecular formula is C18H37F2P. The van der Waals surface area contributed by atoms with E-state index in [1.807, 2.05) is 0 Å². The van der Waals surface area contributed by atoms with E-state index in [0.29, 0.717) is 0 Å². The molecule has 21 heavy (non-hydrogen) atoms. The van der Waals surface area contributed by atoms with Crippen LogP contribution in [0.2, 0.25) is 0 Å². The van der Waals surface area contributed by atoms with Crippen molar-refractivity contribution in [3.8, 4) is 0 Å². The zero-order valence-electron chi connectivity index (χ0n) is 15.3. The topological polar surface area (TPSA) is 0 Å². The van der Waals surface area contributed by atoms with E-state index in [0.717, 1.165) is 0 Å². The van der Waals surface area contributed by atoms with Gasteiger partial charge in [-0.2, -0.15) is 0 Å². The van der Waals surface area contributed by atoms with Gasteiger partial charge in [0.2, 0.25) is 0 Å². The van der Waals surface area contributed by atoms with Gasteiger partial charge in [0.25, 0.3) is 0 Å². The van der Waals surface area contributed by atoms with Gasteiger partial charge in [-0.3, -0.25) is 0 Å². The first-order valence-corrected chi connectivity index (χ1v) is 11.5. The van der Waals surface area contributed by atoms with E-state index in [-0.39, 0.29) is 10.8 Å². The van der Waals surface area contributed by atoms with E-state index in [2.05, 4.69) is 13.8 Å². The number of rotatable bonds is 8. The average Bonchev–Trinajstić information content (AvgIpc) is 3.12. The molecule has 2 fully saturated rings. The molecule has 0 aromatic rings. The van der Waals surface area contributed by atoms with Crippen LogP contribution >= 0.6 is 7.26 Å². The number of unbranched alkanes of at least 4 members (excludes halogenated alkanes) is 2. The molecule has 0 heterocycles. The Kier molecular flexibility index (Phi) is 11.1. The van der Waals surface area contributed by atoms with Crippen LogP contribution in [0.3, 0.4) is 0 Å². The number of hydrogen-bond donors (Lipinski definition) is 0. The summed E-state index contributed by atoms with van der Waals surface area (Å²) in [5.74, 6) is 0. The summed E-state index contributed by atoms with van der Waals surface area (Å²) in [5.41, 5.74) is 2.40. The third kappa shape index (κ3) is 5.15. The predicted octanol–water partition coefficient (Wildman–Crippen LogP) is 0.610. The van der Waals surface area contributed by atoms with E-state index in [4.69, 9.17) is 0 Å². The van der Waals surface area contributed by atoms with Crippen LogP contribution in [-0.2, 0) is 0 Å². The Bertz CT molecular complexity index is 225. The molecule has 0 radical (unpaired) electrons. The van der Waals surface area contributed by atoms with Crippen molar-refractivity contribution >= 4 is 7.26 Å². The summed E-state index contributed by atoms with van der Waals surface area (Å²) in [7, 11) is -0.624. The summed E-state index contributed by atoms with van der Waals surface area (Å²) in [5, 5.41) is 0. The minimum absolute atomic E-state index is 0. The van der Waals surface area contributed by atoms with Crippen molar-refractivity contribution in [1.82, 2.24) is 0 Å². The molecule has 0 amide bonds. The first-order chi connectivity index (χ1) is 9.33. The monoisotopic (exact) mass is 322 g/mol. The van der Waals surface area contributed by atoms with Crippen LogP contribution in [0.15, 0.2) is 0 Å². The van der Waals surface area contributed by atoms with Crippen LogP contribution < -0.4 is 9.41 Å². The minimum Gasteiger partial charge on any atom is -1.00 e. The van der Waals surface area contributed by atoms with Gasteiger partial charge in [-0.15, -0.1) is 0 Å². The highest BCUT2D eigenvalue weighted by Crippen LogP contribution is 2.73. The fourth-order valence-corrected chi connectivity index (χ4v) is 11.8. The summed E-state index contributed by atoms with van der Waals surface area (Å²) < 4.78 is 0. The van der Waals surface area contributed by atoms with Crippen molar-refractivity contribution in [2.45, 2.75) is 102 Å². The third-order valence-electron chi connectivity index (χ3n) is 5.96. The standard InChI is InChI=1S/C18H36P.2FH/c1-3-5-15-19(16-6-4-2,17-11-7-8-12-17)18-13-9-10-14-18;;/h17-18H,3-16H2,1-2H3;2*1H/q+1;;/p-1. The minimum atomic E-state index is -0.624. The zero-order chi connectivity index (χ0) is 13.6. The highest BCUT2D eigenvalue weighted by Gasteiger charge is 2.51. The number of hydrogen-bond acceptors (Lipinski definition) is 0. The van der Waals surface area contributed by atoms with Gasteiger partial charge < -0.3 is 9.41 Å². The lowest BCUT2D eigenvalue weighted by Crippen LogP contribution is -3.00. The van der Waals surface area contributed by atoms with E-state index < -0.39 is 7.26 Å². The van der Waals surface area contributed by atoms with Crippen molar-refractivity contribution in [2.24, 2.45) is 0 Å². The Morgan fingerprint density at radius 1 is 0.714 bits per heavy atom. The molecule has 3 heteroatoms. The van der Waals surface area contributed by atoms with Crippen molar-refractivity contribution in [3.63, 3.8) is 0 Å². The predicted molar refractivity (Wildman–Crippen MR) is 92.1 cm³/mol. The zero-order valence-corrected chi connectivity index (χ0v) is 15.2.